The summed E-state index contributed by atoms with van der Waals surface area (Å²) >= 11 is 0. The second kappa shape index (κ2) is 8.29. The first-order valence-corrected chi connectivity index (χ1v) is 7.46. The van der Waals surface area contributed by atoms with Gasteiger partial charge in [-0.25, -0.2) is 0 Å². The molecule has 0 radical (unpaired) electrons. The first kappa shape index (κ1) is 19.9. The van der Waals surface area contributed by atoms with E-state index < -0.39 is 74.6 Å². The van der Waals surface area contributed by atoms with Gasteiger partial charge in [-0.05, 0) is 0 Å². The minimum absolute atomic E-state index is 0.592. The lowest BCUT2D eigenvalue weighted by molar-refractivity contribution is -0.357. The van der Waals surface area contributed by atoms with Gasteiger partial charge in [0.2, 0.25) is 0 Å². The van der Waals surface area contributed by atoms with Crippen molar-refractivity contribution in [3.05, 3.63) is 0 Å². The summed E-state index contributed by atoms with van der Waals surface area (Å²) in [4.78, 5) is 0. The summed E-state index contributed by atoms with van der Waals surface area (Å²) in [6.45, 7) is -1.24. The molecule has 10 atom stereocenters. The Hall–Kier alpha value is -0.440. The van der Waals surface area contributed by atoms with Gasteiger partial charge in [-0.3, -0.25) is 0 Å². The topological polar surface area (TPSA) is 179 Å². The molecule has 0 bridgehead atoms. The van der Waals surface area contributed by atoms with Crippen molar-refractivity contribution in [1.82, 2.24) is 0 Å². The Balaban J connectivity index is 2.12. The molecule has 2 rings (SSSR count). The summed E-state index contributed by atoms with van der Waals surface area (Å²) in [7, 11) is 1.24. The van der Waals surface area contributed by atoms with Gasteiger partial charge in [-0.15, -0.1) is 0 Å². The van der Waals surface area contributed by atoms with E-state index in [1.807, 2.05) is 0 Å². The van der Waals surface area contributed by atoms with Gasteiger partial charge in [-0.1, -0.05) is 0 Å². The van der Waals surface area contributed by atoms with E-state index in [4.69, 9.17) is 24.1 Å². The molecule has 2 heterocycles. The SMILES string of the molecule is CO[C@H]1OC(CO)[C@@H](O[C@H]2OC(CO)[C@@H](O)C(O)[C@@H]2O)[C@H](O)C1O. The van der Waals surface area contributed by atoms with Gasteiger partial charge in [0.15, 0.2) is 12.6 Å². The lowest BCUT2D eigenvalue weighted by Crippen LogP contribution is -2.64. The van der Waals surface area contributed by atoms with Crippen molar-refractivity contribution in [3.8, 4) is 0 Å². The highest BCUT2D eigenvalue weighted by atomic mass is 16.7. The summed E-state index contributed by atoms with van der Waals surface area (Å²) in [6, 6.07) is 0. The number of hydrogen-bond acceptors (Lipinski definition) is 11. The van der Waals surface area contributed by atoms with E-state index in [0.717, 1.165) is 0 Å². The quantitative estimate of drug-likeness (QED) is 0.251. The average molecular weight is 356 g/mol. The Morgan fingerprint density at radius 3 is 1.79 bits per heavy atom. The number of aliphatic hydroxyl groups excluding tert-OH is 7. The van der Waals surface area contributed by atoms with Crippen molar-refractivity contribution in [2.45, 2.75) is 61.4 Å². The number of rotatable bonds is 5. The highest BCUT2D eigenvalue weighted by Gasteiger charge is 2.50. The Labute approximate surface area is 137 Å². The third-order valence-corrected chi connectivity index (χ3v) is 4.19. The fourth-order valence-corrected chi connectivity index (χ4v) is 2.75. The third-order valence-electron chi connectivity index (χ3n) is 4.19. The molecule has 0 aromatic heterocycles. The van der Waals surface area contributed by atoms with Crippen LogP contribution < -0.4 is 0 Å². The van der Waals surface area contributed by atoms with Crippen LogP contribution in [0, 0.1) is 0 Å². The third kappa shape index (κ3) is 3.71. The summed E-state index contributed by atoms with van der Waals surface area (Å²) < 4.78 is 20.6. The predicted octanol–water partition coefficient (Wildman–Crippen LogP) is -4.74. The maximum Gasteiger partial charge on any atom is 0.187 e. The van der Waals surface area contributed by atoms with E-state index in [-0.39, 0.29) is 0 Å². The normalized spacial score (nSPS) is 50.0. The van der Waals surface area contributed by atoms with Gasteiger partial charge in [0.25, 0.3) is 0 Å². The number of aliphatic hydroxyl groups is 7. The molecule has 7 N–H and O–H groups in total. The monoisotopic (exact) mass is 356 g/mol. The minimum atomic E-state index is -1.69. The van der Waals surface area contributed by atoms with Crippen LogP contribution in [-0.4, -0.2) is 117 Å². The molecule has 0 spiro atoms. The number of hydrogen-bond donors (Lipinski definition) is 7. The van der Waals surface area contributed by atoms with E-state index in [1.165, 1.54) is 7.11 Å². The molecule has 0 saturated carbocycles. The van der Waals surface area contributed by atoms with E-state index in [9.17, 15) is 30.6 Å². The zero-order valence-electron chi connectivity index (χ0n) is 13.0. The fourth-order valence-electron chi connectivity index (χ4n) is 2.75. The Morgan fingerprint density at radius 2 is 1.25 bits per heavy atom. The molecule has 11 heteroatoms. The van der Waals surface area contributed by atoms with E-state index in [2.05, 4.69) is 0 Å². The number of methoxy groups -OCH3 is 1. The van der Waals surface area contributed by atoms with Crippen molar-refractivity contribution < 1.29 is 54.7 Å². The van der Waals surface area contributed by atoms with Crippen LogP contribution in [0.5, 0.6) is 0 Å². The van der Waals surface area contributed by atoms with Crippen LogP contribution in [-0.2, 0) is 18.9 Å². The first-order valence-electron chi connectivity index (χ1n) is 7.46. The predicted molar refractivity (Wildman–Crippen MR) is 73.4 cm³/mol. The van der Waals surface area contributed by atoms with Crippen molar-refractivity contribution in [3.63, 3.8) is 0 Å². The second-order valence-corrected chi connectivity index (χ2v) is 5.74. The van der Waals surface area contributed by atoms with E-state index in [0.29, 0.717) is 0 Å². The molecule has 0 aromatic carbocycles. The van der Waals surface area contributed by atoms with Crippen LogP contribution in [0.2, 0.25) is 0 Å². The molecular formula is C13H24O11. The van der Waals surface area contributed by atoms with Crippen molar-refractivity contribution in [2.75, 3.05) is 20.3 Å². The van der Waals surface area contributed by atoms with E-state index >= 15 is 0 Å². The lowest BCUT2D eigenvalue weighted by Gasteiger charge is -2.45. The van der Waals surface area contributed by atoms with Gasteiger partial charge in [0, 0.05) is 7.11 Å². The minimum Gasteiger partial charge on any atom is -0.394 e. The van der Waals surface area contributed by atoms with Crippen LogP contribution in [0.3, 0.4) is 0 Å². The molecule has 142 valence electrons. The molecule has 0 aromatic rings. The molecule has 0 aliphatic carbocycles. The molecule has 4 unspecified atom stereocenters. The van der Waals surface area contributed by atoms with Crippen molar-refractivity contribution >= 4 is 0 Å². The van der Waals surface area contributed by atoms with Gasteiger partial charge in [0.05, 0.1) is 13.2 Å². The smallest absolute Gasteiger partial charge is 0.187 e. The Morgan fingerprint density at radius 1 is 0.708 bits per heavy atom. The van der Waals surface area contributed by atoms with Crippen LogP contribution in [0.15, 0.2) is 0 Å². The number of ether oxygens (including phenoxy) is 4. The standard InChI is InChI=1S/C13H24O11/c1-21-12-10(20)8(18)11(5(3-15)23-12)24-13-9(19)7(17)6(16)4(2-14)22-13/h4-20H,2-3H2,1H3/t4?,5?,6-,7?,8-,9+,10?,11-,12+,13-/m1/s1. The highest BCUT2D eigenvalue weighted by molar-refractivity contribution is 4.93. The van der Waals surface area contributed by atoms with Crippen LogP contribution >= 0.6 is 0 Å². The summed E-state index contributed by atoms with van der Waals surface area (Å²) in [5.74, 6) is 0. The first-order chi connectivity index (χ1) is 11.3. The van der Waals surface area contributed by atoms with E-state index in [1.54, 1.807) is 0 Å². The lowest BCUT2D eigenvalue weighted by atomic mass is 9.97. The molecule has 2 saturated heterocycles. The van der Waals surface area contributed by atoms with Gasteiger partial charge >= 0.3 is 0 Å². The zero-order chi connectivity index (χ0) is 18.0. The maximum absolute atomic E-state index is 10.2. The molecule has 2 fully saturated rings. The Bertz CT molecular complexity index is 392. The molecule has 2 aliphatic heterocycles. The summed E-state index contributed by atoms with van der Waals surface area (Å²) in [5.41, 5.74) is 0. The summed E-state index contributed by atoms with van der Waals surface area (Å²) in [5, 5.41) is 68.0. The van der Waals surface area contributed by atoms with Crippen LogP contribution in [0.25, 0.3) is 0 Å². The van der Waals surface area contributed by atoms with Crippen molar-refractivity contribution in [2.24, 2.45) is 0 Å². The summed E-state index contributed by atoms with van der Waals surface area (Å²) in [6.07, 6.45) is -14.3. The van der Waals surface area contributed by atoms with Gasteiger partial charge in [0.1, 0.15) is 48.8 Å². The molecule has 2 aliphatic rings. The molecule has 24 heavy (non-hydrogen) atoms. The fraction of sp³-hybridized carbons (Fsp3) is 1.00. The van der Waals surface area contributed by atoms with Gasteiger partial charge in [-0.2, -0.15) is 0 Å². The second-order valence-electron chi connectivity index (χ2n) is 5.74. The average Bonchev–Trinajstić information content (AvgIpc) is 2.59. The Kier molecular flexibility index (Phi) is 6.87. The van der Waals surface area contributed by atoms with Gasteiger partial charge < -0.3 is 54.7 Å². The molecule has 11 nitrogen and oxygen atoms in total. The van der Waals surface area contributed by atoms with Crippen LogP contribution in [0.4, 0.5) is 0 Å². The highest BCUT2D eigenvalue weighted by Crippen LogP contribution is 2.29. The molecule has 0 amide bonds. The van der Waals surface area contributed by atoms with Crippen molar-refractivity contribution in [1.29, 1.82) is 0 Å². The molecular weight excluding hydrogens is 332 g/mol. The zero-order valence-corrected chi connectivity index (χ0v) is 13.0. The largest absolute Gasteiger partial charge is 0.394 e. The van der Waals surface area contributed by atoms with Crippen LogP contribution in [0.1, 0.15) is 0 Å². The maximum atomic E-state index is 10.2.